The van der Waals surface area contributed by atoms with Gasteiger partial charge in [0.1, 0.15) is 38.4 Å². The molecule has 0 aliphatic carbocycles. The molecule has 3 N–H and O–H groups in total. The van der Waals surface area contributed by atoms with Crippen molar-refractivity contribution in [3.8, 4) is 0 Å². The number of alkyl halides is 3. The highest BCUT2D eigenvalue weighted by Gasteiger charge is 2.34. The first-order chi connectivity index (χ1) is 24.1. The van der Waals surface area contributed by atoms with Crippen LogP contribution in [0.25, 0.3) is 0 Å². The number of Topliss-reactive ketones (excluding diaryl/α,β-unsaturated/α-hetero) is 1. The fourth-order valence-electron chi connectivity index (χ4n) is 4.31. The number of thiazole rings is 2. The summed E-state index contributed by atoms with van der Waals surface area (Å²) in [6.07, 6.45) is 0.823. The van der Waals surface area contributed by atoms with Crippen LogP contribution in [-0.4, -0.2) is 53.4 Å². The molecule has 0 fully saturated rings. The molecule has 20 heteroatoms. The third-order valence-corrected chi connectivity index (χ3v) is 10.1. The van der Waals surface area contributed by atoms with Crippen LogP contribution in [0.5, 0.6) is 0 Å². The zero-order chi connectivity index (χ0) is 37.0. The number of halogens is 5. The second-order valence-corrected chi connectivity index (χ2v) is 13.8. The average molecular weight is 779 g/mol. The Bertz CT molecular complexity index is 2140. The van der Waals surface area contributed by atoms with Crippen molar-refractivity contribution in [2.75, 3.05) is 5.32 Å². The van der Waals surface area contributed by atoms with Gasteiger partial charge in [0.2, 0.25) is 0 Å². The Morgan fingerprint density at radius 3 is 1.90 bits per heavy atom. The second kappa shape index (κ2) is 15.5. The van der Waals surface area contributed by atoms with Crippen LogP contribution in [0.3, 0.4) is 0 Å². The predicted molar refractivity (Wildman–Crippen MR) is 182 cm³/mol. The molecule has 0 saturated heterocycles. The summed E-state index contributed by atoms with van der Waals surface area (Å²) in [6, 6.07) is 2.21. The molecule has 0 saturated carbocycles. The van der Waals surface area contributed by atoms with Crippen LogP contribution in [0.15, 0.2) is 49.3 Å². The molecule has 0 radical (unpaired) electrons. The summed E-state index contributed by atoms with van der Waals surface area (Å²) in [6.45, 7) is 5.05. The van der Waals surface area contributed by atoms with E-state index < -0.39 is 58.8 Å². The Morgan fingerprint density at radius 2 is 1.31 bits per heavy atom. The molecule has 5 aromatic rings. The standard InChI is InChI=1S/C31H24Cl2F3N9O4S2/c1-13-4-25(38-8-18(13)32)45-28(49)24-11-40-30(51-24)15(3)44-27(48)21-7-20(41-12-42-21)26(47)43-14(2)29-39-10-23(50-29)22(46)6-16-5-17(31(34,35)36)19(33)9-37-16/h4-5,7-12,14-15H,6H2,1-3H3,(H,43,47)(H,44,48)(H,38,45,49). The maximum absolute atomic E-state index is 13.2. The molecule has 2 atom stereocenters. The van der Waals surface area contributed by atoms with Gasteiger partial charge >= 0.3 is 6.18 Å². The lowest BCUT2D eigenvalue weighted by molar-refractivity contribution is -0.137. The SMILES string of the molecule is Cc1cc(NC(=O)c2cnc(C(C)NC(=O)c3cc(C(=O)NC(C)c4ncc(C(=O)Cc5cc(C(F)(F)F)c(Cl)cn5)s4)ncn3)s2)ncc1Cl. The van der Waals surface area contributed by atoms with E-state index in [2.05, 4.69) is 45.9 Å². The number of anilines is 1. The molecular weight excluding hydrogens is 754 g/mol. The van der Waals surface area contributed by atoms with E-state index in [0.717, 1.165) is 46.8 Å². The zero-order valence-corrected chi connectivity index (χ0v) is 29.6. The number of nitrogens with one attached hydrogen (secondary N) is 3. The molecule has 0 aliphatic rings. The molecule has 5 heterocycles. The van der Waals surface area contributed by atoms with Crippen molar-refractivity contribution in [2.24, 2.45) is 0 Å². The van der Waals surface area contributed by atoms with Crippen LogP contribution in [0.1, 0.15) is 93.1 Å². The van der Waals surface area contributed by atoms with Crippen LogP contribution in [0.2, 0.25) is 10.0 Å². The summed E-state index contributed by atoms with van der Waals surface area (Å²) < 4.78 is 39.6. The van der Waals surface area contributed by atoms with E-state index >= 15 is 0 Å². The van der Waals surface area contributed by atoms with Crippen LogP contribution in [0, 0.1) is 6.92 Å². The van der Waals surface area contributed by atoms with Crippen molar-refractivity contribution < 1.29 is 32.3 Å². The fourth-order valence-corrected chi connectivity index (χ4v) is 6.30. The Morgan fingerprint density at radius 1 is 0.745 bits per heavy atom. The Labute approximate surface area is 305 Å². The van der Waals surface area contributed by atoms with Gasteiger partial charge in [-0.1, -0.05) is 23.2 Å². The summed E-state index contributed by atoms with van der Waals surface area (Å²) in [5.74, 6) is -1.94. The smallest absolute Gasteiger partial charge is 0.342 e. The Balaban J connectivity index is 1.17. The lowest BCUT2D eigenvalue weighted by atomic mass is 10.1. The van der Waals surface area contributed by atoms with E-state index in [9.17, 15) is 32.3 Å². The van der Waals surface area contributed by atoms with Crippen molar-refractivity contribution in [1.29, 1.82) is 0 Å². The number of aromatic nitrogens is 6. The fraction of sp³-hybridized carbons (Fsp3) is 0.226. The van der Waals surface area contributed by atoms with Crippen molar-refractivity contribution in [1.82, 2.24) is 40.5 Å². The maximum Gasteiger partial charge on any atom is 0.417 e. The molecule has 264 valence electrons. The second-order valence-electron chi connectivity index (χ2n) is 10.8. The quantitative estimate of drug-likeness (QED) is 0.126. The lowest BCUT2D eigenvalue weighted by Crippen LogP contribution is -2.30. The van der Waals surface area contributed by atoms with E-state index in [1.54, 1.807) is 26.8 Å². The van der Waals surface area contributed by atoms with Gasteiger partial charge in [-0.25, -0.2) is 24.9 Å². The topological polar surface area (TPSA) is 182 Å². The highest BCUT2D eigenvalue weighted by Crippen LogP contribution is 2.35. The number of carbonyl (C=O) groups excluding carboxylic acids is 4. The molecule has 13 nitrogen and oxygen atoms in total. The summed E-state index contributed by atoms with van der Waals surface area (Å²) >= 11 is 13.6. The largest absolute Gasteiger partial charge is 0.417 e. The molecule has 0 spiro atoms. The van der Waals surface area contributed by atoms with Gasteiger partial charge in [-0.05, 0) is 38.5 Å². The third-order valence-electron chi connectivity index (χ3n) is 6.96. The monoisotopic (exact) mass is 777 g/mol. The molecule has 51 heavy (non-hydrogen) atoms. The summed E-state index contributed by atoms with van der Waals surface area (Å²) in [5, 5.41) is 8.74. The van der Waals surface area contributed by atoms with Crippen molar-refractivity contribution in [3.63, 3.8) is 0 Å². The van der Waals surface area contributed by atoms with E-state index in [-0.39, 0.29) is 26.8 Å². The van der Waals surface area contributed by atoms with E-state index in [0.29, 0.717) is 20.9 Å². The van der Waals surface area contributed by atoms with Gasteiger partial charge in [-0.15, -0.1) is 22.7 Å². The Hall–Kier alpha value is -4.91. The summed E-state index contributed by atoms with van der Waals surface area (Å²) in [5.41, 5.74) is -0.710. The number of ketones is 1. The summed E-state index contributed by atoms with van der Waals surface area (Å²) in [4.78, 5) is 76.1. The van der Waals surface area contributed by atoms with Crippen LogP contribution in [-0.2, 0) is 12.6 Å². The minimum Gasteiger partial charge on any atom is -0.342 e. The van der Waals surface area contributed by atoms with Crippen LogP contribution >= 0.6 is 45.9 Å². The molecule has 2 unspecified atom stereocenters. The van der Waals surface area contributed by atoms with Crippen molar-refractivity contribution in [2.45, 2.75) is 45.5 Å². The highest BCUT2D eigenvalue weighted by molar-refractivity contribution is 7.14. The number of rotatable bonds is 11. The van der Waals surface area contributed by atoms with Crippen LogP contribution < -0.4 is 16.0 Å². The molecular formula is C31H24Cl2F3N9O4S2. The molecule has 0 aromatic carbocycles. The van der Waals surface area contributed by atoms with Gasteiger partial charge in [-0.3, -0.25) is 24.2 Å². The van der Waals surface area contributed by atoms with Gasteiger partial charge in [0.25, 0.3) is 17.7 Å². The number of pyridine rings is 2. The Kier molecular flexibility index (Phi) is 11.4. The highest BCUT2D eigenvalue weighted by atomic mass is 35.5. The van der Waals surface area contributed by atoms with Crippen molar-refractivity contribution in [3.05, 3.63) is 107 Å². The lowest BCUT2D eigenvalue weighted by Gasteiger charge is -2.12. The first-order valence-corrected chi connectivity index (χ1v) is 17.0. The number of hydrogen-bond donors (Lipinski definition) is 3. The predicted octanol–water partition coefficient (Wildman–Crippen LogP) is 6.47. The number of carbonyl (C=O) groups is 4. The minimum atomic E-state index is -4.71. The van der Waals surface area contributed by atoms with Gasteiger partial charge in [0.05, 0.1) is 45.2 Å². The minimum absolute atomic E-state index is 0.111. The van der Waals surface area contributed by atoms with E-state index in [1.807, 2.05) is 0 Å². The normalized spacial score (nSPS) is 12.5. The molecule has 0 aliphatic heterocycles. The molecule has 3 amide bonds. The zero-order valence-electron chi connectivity index (χ0n) is 26.5. The van der Waals surface area contributed by atoms with Crippen LogP contribution in [0.4, 0.5) is 19.0 Å². The first-order valence-electron chi connectivity index (χ1n) is 14.6. The third kappa shape index (κ3) is 9.26. The van der Waals surface area contributed by atoms with Gasteiger partial charge in [0, 0.05) is 30.4 Å². The number of nitrogens with zero attached hydrogens (tertiary/aromatic N) is 6. The number of amides is 3. The maximum atomic E-state index is 13.2. The number of aryl methyl sites for hydroxylation is 1. The van der Waals surface area contributed by atoms with Gasteiger partial charge in [0.15, 0.2) is 5.78 Å². The average Bonchev–Trinajstić information content (AvgIpc) is 3.78. The molecule has 5 rings (SSSR count). The number of hydrogen-bond acceptors (Lipinski definition) is 12. The summed E-state index contributed by atoms with van der Waals surface area (Å²) in [7, 11) is 0. The van der Waals surface area contributed by atoms with E-state index in [1.165, 1.54) is 24.7 Å². The first kappa shape index (κ1) is 37.3. The van der Waals surface area contributed by atoms with Gasteiger partial charge in [-0.2, -0.15) is 13.2 Å². The van der Waals surface area contributed by atoms with E-state index in [4.69, 9.17) is 23.2 Å². The van der Waals surface area contributed by atoms with Gasteiger partial charge < -0.3 is 16.0 Å². The van der Waals surface area contributed by atoms with Crippen molar-refractivity contribution >= 4 is 75.2 Å². The molecule has 5 aromatic heterocycles. The molecule has 0 bridgehead atoms.